The first kappa shape index (κ1) is 14.3. The number of nitro benzene ring substituents is 1. The van der Waals surface area contributed by atoms with E-state index >= 15 is 0 Å². The number of rotatable bonds is 5. The zero-order valence-electron chi connectivity index (χ0n) is 10.8. The highest BCUT2D eigenvalue weighted by Gasteiger charge is 2.18. The first-order chi connectivity index (χ1) is 10.0. The van der Waals surface area contributed by atoms with Crippen LogP contribution in [0.3, 0.4) is 0 Å². The van der Waals surface area contributed by atoms with Gasteiger partial charge in [-0.25, -0.2) is 9.78 Å². The standard InChI is InChI=1S/C13H10N2O6/c1-20-9-2-3-11(10(7-9)15(18)19)21-12-6-8(13(16)17)4-5-14-12/h2-7H,1H3,(H,16,17). The van der Waals surface area contributed by atoms with Crippen LogP contribution in [0.1, 0.15) is 10.4 Å². The molecule has 0 unspecified atom stereocenters. The summed E-state index contributed by atoms with van der Waals surface area (Å²) in [6.07, 6.45) is 1.24. The second kappa shape index (κ2) is 5.87. The molecular weight excluding hydrogens is 280 g/mol. The number of pyridine rings is 1. The molecule has 0 spiro atoms. The Balaban J connectivity index is 2.37. The SMILES string of the molecule is COc1ccc(Oc2cc(C(=O)O)ccn2)c([N+](=O)[O-])c1. The minimum Gasteiger partial charge on any atom is -0.496 e. The number of aromatic carboxylic acids is 1. The number of hydrogen-bond donors (Lipinski definition) is 1. The summed E-state index contributed by atoms with van der Waals surface area (Å²) in [7, 11) is 1.39. The second-order valence-corrected chi connectivity index (χ2v) is 3.88. The van der Waals surface area contributed by atoms with Crippen molar-refractivity contribution >= 4 is 11.7 Å². The molecule has 1 aromatic heterocycles. The molecule has 21 heavy (non-hydrogen) atoms. The van der Waals surface area contributed by atoms with E-state index in [0.717, 1.165) is 0 Å². The van der Waals surface area contributed by atoms with Crippen molar-refractivity contribution in [2.45, 2.75) is 0 Å². The first-order valence-electron chi connectivity index (χ1n) is 5.71. The Hall–Kier alpha value is -3.16. The van der Waals surface area contributed by atoms with Crippen LogP contribution in [0.2, 0.25) is 0 Å². The highest BCUT2D eigenvalue weighted by molar-refractivity contribution is 5.87. The molecule has 108 valence electrons. The molecular formula is C13H10N2O6. The molecule has 0 radical (unpaired) electrons. The molecule has 0 atom stereocenters. The maximum atomic E-state index is 11.0. The van der Waals surface area contributed by atoms with Crippen molar-refractivity contribution < 1.29 is 24.3 Å². The number of hydrogen-bond acceptors (Lipinski definition) is 6. The van der Waals surface area contributed by atoms with Crippen LogP contribution in [0.4, 0.5) is 5.69 Å². The third-order valence-corrected chi connectivity index (χ3v) is 2.56. The van der Waals surface area contributed by atoms with Gasteiger partial charge in [-0.05, 0) is 18.2 Å². The zero-order chi connectivity index (χ0) is 15.4. The van der Waals surface area contributed by atoms with Crippen molar-refractivity contribution in [2.75, 3.05) is 7.11 Å². The van der Waals surface area contributed by atoms with Crippen molar-refractivity contribution in [2.24, 2.45) is 0 Å². The lowest BCUT2D eigenvalue weighted by atomic mass is 10.2. The van der Waals surface area contributed by atoms with Crippen LogP contribution in [0.15, 0.2) is 36.5 Å². The average Bonchev–Trinajstić information content (AvgIpc) is 2.47. The lowest BCUT2D eigenvalue weighted by Crippen LogP contribution is -1.99. The van der Waals surface area contributed by atoms with E-state index in [-0.39, 0.29) is 22.9 Å². The largest absolute Gasteiger partial charge is 0.496 e. The van der Waals surface area contributed by atoms with Gasteiger partial charge in [0.2, 0.25) is 11.6 Å². The molecule has 0 aliphatic carbocycles. The second-order valence-electron chi connectivity index (χ2n) is 3.88. The summed E-state index contributed by atoms with van der Waals surface area (Å²) in [5.74, 6) is -0.952. The van der Waals surface area contributed by atoms with Crippen LogP contribution >= 0.6 is 0 Å². The van der Waals surface area contributed by atoms with E-state index in [1.165, 1.54) is 43.6 Å². The number of benzene rings is 1. The van der Waals surface area contributed by atoms with Crippen molar-refractivity contribution in [1.29, 1.82) is 0 Å². The highest BCUT2D eigenvalue weighted by Crippen LogP contribution is 2.33. The fourth-order valence-electron chi connectivity index (χ4n) is 1.56. The van der Waals surface area contributed by atoms with Gasteiger partial charge >= 0.3 is 11.7 Å². The topological polar surface area (TPSA) is 112 Å². The smallest absolute Gasteiger partial charge is 0.335 e. The maximum absolute atomic E-state index is 11.0. The van der Waals surface area contributed by atoms with Crippen LogP contribution in [-0.4, -0.2) is 28.1 Å². The van der Waals surface area contributed by atoms with Crippen molar-refractivity contribution in [3.63, 3.8) is 0 Å². The van der Waals surface area contributed by atoms with E-state index in [2.05, 4.69) is 4.98 Å². The summed E-state index contributed by atoms with van der Waals surface area (Å²) in [5.41, 5.74) is -0.340. The normalized spacial score (nSPS) is 9.95. The molecule has 0 bridgehead atoms. The summed E-state index contributed by atoms with van der Waals surface area (Å²) in [4.78, 5) is 25.1. The molecule has 0 fully saturated rings. The number of aromatic nitrogens is 1. The van der Waals surface area contributed by atoms with Gasteiger partial charge in [0.25, 0.3) is 0 Å². The third-order valence-electron chi connectivity index (χ3n) is 2.56. The molecule has 1 N–H and O–H groups in total. The van der Waals surface area contributed by atoms with Gasteiger partial charge in [-0.2, -0.15) is 0 Å². The Morgan fingerprint density at radius 2 is 2.10 bits per heavy atom. The molecule has 1 heterocycles. The van der Waals surface area contributed by atoms with Gasteiger partial charge in [0.05, 0.1) is 23.7 Å². The Morgan fingerprint density at radius 1 is 1.33 bits per heavy atom. The zero-order valence-corrected chi connectivity index (χ0v) is 10.8. The fourth-order valence-corrected chi connectivity index (χ4v) is 1.56. The van der Waals surface area contributed by atoms with Gasteiger partial charge in [-0.1, -0.05) is 0 Å². The molecule has 2 aromatic rings. The van der Waals surface area contributed by atoms with Crippen LogP contribution < -0.4 is 9.47 Å². The fraction of sp³-hybridized carbons (Fsp3) is 0.0769. The molecule has 1 aromatic carbocycles. The number of methoxy groups -OCH3 is 1. The number of carboxylic acids is 1. The lowest BCUT2D eigenvalue weighted by Gasteiger charge is -2.07. The van der Waals surface area contributed by atoms with E-state index in [0.29, 0.717) is 5.75 Å². The average molecular weight is 290 g/mol. The molecule has 0 saturated heterocycles. The summed E-state index contributed by atoms with van der Waals surface area (Å²) in [6, 6.07) is 6.51. The quantitative estimate of drug-likeness (QED) is 0.664. The predicted octanol–water partition coefficient (Wildman–Crippen LogP) is 2.49. The van der Waals surface area contributed by atoms with Crippen molar-refractivity contribution in [3.8, 4) is 17.4 Å². The van der Waals surface area contributed by atoms with Gasteiger partial charge in [0, 0.05) is 12.3 Å². The van der Waals surface area contributed by atoms with E-state index < -0.39 is 10.9 Å². The summed E-state index contributed by atoms with van der Waals surface area (Å²) >= 11 is 0. The van der Waals surface area contributed by atoms with Crippen molar-refractivity contribution in [1.82, 2.24) is 4.98 Å². The Labute approximate surface area is 118 Å². The maximum Gasteiger partial charge on any atom is 0.335 e. The highest BCUT2D eigenvalue weighted by atomic mass is 16.6. The molecule has 0 aliphatic rings. The predicted molar refractivity (Wildman–Crippen MR) is 70.9 cm³/mol. The van der Waals surface area contributed by atoms with Crippen LogP contribution in [0.5, 0.6) is 17.4 Å². The number of nitro groups is 1. The molecule has 8 heteroatoms. The summed E-state index contributed by atoms with van der Waals surface area (Å²) in [5, 5.41) is 19.9. The molecule has 2 rings (SSSR count). The van der Waals surface area contributed by atoms with E-state index in [9.17, 15) is 14.9 Å². The number of carbonyl (C=O) groups is 1. The number of nitrogens with zero attached hydrogens (tertiary/aromatic N) is 2. The Kier molecular flexibility index (Phi) is 3.98. The number of carboxylic acid groups (broad SMARTS) is 1. The van der Waals surface area contributed by atoms with E-state index in [1.54, 1.807) is 0 Å². The minimum atomic E-state index is -1.15. The van der Waals surface area contributed by atoms with Gasteiger partial charge in [-0.15, -0.1) is 0 Å². The van der Waals surface area contributed by atoms with Crippen LogP contribution in [0.25, 0.3) is 0 Å². The van der Waals surface area contributed by atoms with E-state index in [4.69, 9.17) is 14.6 Å². The third kappa shape index (κ3) is 3.24. The van der Waals surface area contributed by atoms with Gasteiger partial charge in [0.1, 0.15) is 5.75 Å². The molecule has 0 aliphatic heterocycles. The minimum absolute atomic E-state index is 0.0313. The molecule has 8 nitrogen and oxygen atoms in total. The number of ether oxygens (including phenoxy) is 2. The van der Waals surface area contributed by atoms with Gasteiger partial charge in [-0.3, -0.25) is 10.1 Å². The summed E-state index contributed by atoms with van der Waals surface area (Å²) < 4.78 is 10.2. The van der Waals surface area contributed by atoms with Gasteiger partial charge < -0.3 is 14.6 Å². The lowest BCUT2D eigenvalue weighted by molar-refractivity contribution is -0.385. The van der Waals surface area contributed by atoms with Gasteiger partial charge in [0.15, 0.2) is 0 Å². The van der Waals surface area contributed by atoms with Crippen LogP contribution in [0, 0.1) is 10.1 Å². The molecule has 0 amide bonds. The molecule has 0 saturated carbocycles. The monoisotopic (exact) mass is 290 g/mol. The first-order valence-corrected chi connectivity index (χ1v) is 5.71. The summed E-state index contributed by atoms with van der Waals surface area (Å²) in [6.45, 7) is 0. The van der Waals surface area contributed by atoms with E-state index in [1.807, 2.05) is 0 Å². The Morgan fingerprint density at radius 3 is 2.71 bits per heavy atom. The van der Waals surface area contributed by atoms with Crippen LogP contribution in [-0.2, 0) is 0 Å². The Bertz CT molecular complexity index is 701. The van der Waals surface area contributed by atoms with Crippen molar-refractivity contribution in [3.05, 3.63) is 52.2 Å².